The number of hydrogen-bond acceptors (Lipinski definition) is 5. The molecule has 1 heterocycles. The summed E-state index contributed by atoms with van der Waals surface area (Å²) in [6.07, 6.45) is 0.824. The van der Waals surface area contributed by atoms with Gasteiger partial charge in [-0.15, -0.1) is 0 Å². The Morgan fingerprint density at radius 3 is 2.70 bits per heavy atom. The van der Waals surface area contributed by atoms with Crippen LogP contribution in [0.1, 0.15) is 12.5 Å². The Hall–Kier alpha value is -2.25. The van der Waals surface area contributed by atoms with Gasteiger partial charge in [0.25, 0.3) is 0 Å². The molecule has 1 atom stereocenters. The van der Waals surface area contributed by atoms with Crippen LogP contribution in [0.15, 0.2) is 40.9 Å². The van der Waals surface area contributed by atoms with Gasteiger partial charge in [-0.2, -0.15) is 0 Å². The number of nitrogens with one attached hydrogen (secondary N) is 2. The van der Waals surface area contributed by atoms with Crippen LogP contribution in [0, 0.1) is 0 Å². The number of carbonyl (C=O) groups is 1. The fraction of sp³-hybridized carbons (Fsp3) is 0.350. The molecule has 0 aromatic heterocycles. The number of halogens is 1. The molecule has 144 valence electrons. The largest absolute Gasteiger partial charge is 0.493 e. The minimum absolute atomic E-state index is 0.0649. The number of hydrogen-bond donors (Lipinski definition) is 2. The van der Waals surface area contributed by atoms with Gasteiger partial charge in [-0.1, -0.05) is 12.1 Å². The zero-order valence-electron chi connectivity index (χ0n) is 15.4. The highest BCUT2D eigenvalue weighted by Gasteiger charge is 2.26. The van der Waals surface area contributed by atoms with Gasteiger partial charge >= 0.3 is 0 Å². The minimum atomic E-state index is -0.0666. The second-order valence-corrected chi connectivity index (χ2v) is 7.15. The van der Waals surface area contributed by atoms with Crippen LogP contribution >= 0.6 is 15.9 Å². The molecule has 0 saturated heterocycles. The monoisotopic (exact) mass is 434 g/mol. The van der Waals surface area contributed by atoms with Crippen LogP contribution in [0.2, 0.25) is 0 Å². The quantitative estimate of drug-likeness (QED) is 0.653. The van der Waals surface area contributed by atoms with Gasteiger partial charge in [0, 0.05) is 19.2 Å². The van der Waals surface area contributed by atoms with E-state index in [-0.39, 0.29) is 12.0 Å². The molecule has 0 saturated carbocycles. The first-order chi connectivity index (χ1) is 13.1. The van der Waals surface area contributed by atoms with Gasteiger partial charge in [0.2, 0.25) is 11.7 Å². The zero-order valence-corrected chi connectivity index (χ0v) is 17.0. The summed E-state index contributed by atoms with van der Waals surface area (Å²) in [4.78, 5) is 11.0. The van der Waals surface area contributed by atoms with Crippen molar-refractivity contribution in [2.24, 2.45) is 0 Å². The predicted molar refractivity (Wildman–Crippen MR) is 108 cm³/mol. The molecule has 1 aliphatic rings. The van der Waals surface area contributed by atoms with Gasteiger partial charge in [-0.3, -0.25) is 4.79 Å². The molecule has 0 spiro atoms. The maximum absolute atomic E-state index is 11.0. The van der Waals surface area contributed by atoms with Gasteiger partial charge in [-0.05, 0) is 58.7 Å². The molecule has 27 heavy (non-hydrogen) atoms. The third-order valence-corrected chi connectivity index (χ3v) is 4.81. The highest BCUT2D eigenvalue weighted by Crippen LogP contribution is 2.45. The van der Waals surface area contributed by atoms with Gasteiger partial charge < -0.3 is 24.8 Å². The van der Waals surface area contributed by atoms with E-state index in [0.717, 1.165) is 23.1 Å². The number of benzene rings is 2. The molecule has 0 fully saturated rings. The number of ether oxygens (including phenoxy) is 3. The Bertz CT molecular complexity index is 795. The summed E-state index contributed by atoms with van der Waals surface area (Å²) < 4.78 is 18.1. The minimum Gasteiger partial charge on any atom is -0.493 e. The molecule has 6 nitrogen and oxygen atoms in total. The maximum atomic E-state index is 11.0. The summed E-state index contributed by atoms with van der Waals surface area (Å²) in [6, 6.07) is 11.6. The van der Waals surface area contributed by atoms with Gasteiger partial charge in [0.15, 0.2) is 11.5 Å². The number of amides is 1. The number of rotatable bonds is 7. The van der Waals surface area contributed by atoms with Crippen molar-refractivity contribution in [2.45, 2.75) is 19.4 Å². The topological polar surface area (TPSA) is 68.8 Å². The summed E-state index contributed by atoms with van der Waals surface area (Å²) in [5, 5.41) is 6.17. The predicted octanol–water partition coefficient (Wildman–Crippen LogP) is 3.39. The standard InChI is InChI=1S/C20H23BrN2O4/c1-13(24)23-15-5-3-14(4-6-15)9-10-22-11-16-12-26-20-18(25-2)8-7-17(21)19(20)27-16/h3-8,16,22H,9-12H2,1-2H3,(H,23,24). The Labute approximate surface area is 167 Å². The molecule has 1 unspecified atom stereocenters. The fourth-order valence-corrected chi connectivity index (χ4v) is 3.26. The maximum Gasteiger partial charge on any atom is 0.221 e. The molecule has 2 N–H and O–H groups in total. The van der Waals surface area contributed by atoms with E-state index in [4.69, 9.17) is 14.2 Å². The summed E-state index contributed by atoms with van der Waals surface area (Å²) >= 11 is 3.50. The first-order valence-electron chi connectivity index (χ1n) is 8.80. The molecule has 0 radical (unpaired) electrons. The lowest BCUT2D eigenvalue weighted by Crippen LogP contribution is -2.39. The lowest BCUT2D eigenvalue weighted by atomic mass is 10.1. The molecule has 2 aromatic rings. The smallest absolute Gasteiger partial charge is 0.221 e. The molecule has 2 aromatic carbocycles. The average molecular weight is 435 g/mol. The number of carbonyl (C=O) groups excluding carboxylic acids is 1. The average Bonchev–Trinajstić information content (AvgIpc) is 2.67. The summed E-state index contributed by atoms with van der Waals surface area (Å²) in [5.74, 6) is 1.93. The zero-order chi connectivity index (χ0) is 19.2. The normalized spacial score (nSPS) is 15.3. The Morgan fingerprint density at radius 2 is 2.00 bits per heavy atom. The first kappa shape index (κ1) is 19.5. The molecule has 1 amide bonds. The number of methoxy groups -OCH3 is 1. The van der Waals surface area contributed by atoms with Crippen LogP contribution in [-0.4, -0.2) is 38.8 Å². The van der Waals surface area contributed by atoms with Crippen molar-refractivity contribution in [2.75, 3.05) is 32.1 Å². The van der Waals surface area contributed by atoms with E-state index in [0.29, 0.717) is 30.4 Å². The van der Waals surface area contributed by atoms with Gasteiger partial charge in [-0.25, -0.2) is 0 Å². The third kappa shape index (κ3) is 5.14. The van der Waals surface area contributed by atoms with Crippen LogP contribution in [0.5, 0.6) is 17.2 Å². The first-order valence-corrected chi connectivity index (χ1v) is 9.59. The summed E-state index contributed by atoms with van der Waals surface area (Å²) in [7, 11) is 1.61. The SMILES string of the molecule is COc1ccc(Br)c2c1OCC(CNCCc1ccc(NC(C)=O)cc1)O2. The van der Waals surface area contributed by atoms with Crippen molar-refractivity contribution in [1.29, 1.82) is 0 Å². The highest BCUT2D eigenvalue weighted by atomic mass is 79.9. The van der Waals surface area contributed by atoms with Crippen LogP contribution in [-0.2, 0) is 11.2 Å². The molecule has 0 aliphatic carbocycles. The van der Waals surface area contributed by atoms with Crippen LogP contribution in [0.3, 0.4) is 0 Å². The van der Waals surface area contributed by atoms with Crippen molar-refractivity contribution in [1.82, 2.24) is 5.32 Å². The van der Waals surface area contributed by atoms with Crippen LogP contribution in [0.25, 0.3) is 0 Å². The van der Waals surface area contributed by atoms with E-state index < -0.39 is 0 Å². The number of anilines is 1. The molecule has 1 aliphatic heterocycles. The molecule has 0 bridgehead atoms. The van der Waals surface area contributed by atoms with E-state index in [2.05, 4.69) is 26.6 Å². The van der Waals surface area contributed by atoms with Crippen molar-refractivity contribution in [3.63, 3.8) is 0 Å². The van der Waals surface area contributed by atoms with E-state index in [1.54, 1.807) is 7.11 Å². The highest BCUT2D eigenvalue weighted by molar-refractivity contribution is 9.10. The Morgan fingerprint density at radius 1 is 1.22 bits per heavy atom. The Balaban J connectivity index is 1.46. The molecular weight excluding hydrogens is 412 g/mol. The van der Waals surface area contributed by atoms with E-state index in [1.807, 2.05) is 36.4 Å². The van der Waals surface area contributed by atoms with Crippen LogP contribution in [0.4, 0.5) is 5.69 Å². The van der Waals surface area contributed by atoms with E-state index >= 15 is 0 Å². The van der Waals surface area contributed by atoms with Crippen molar-refractivity contribution in [3.8, 4) is 17.2 Å². The molecule has 3 rings (SSSR count). The van der Waals surface area contributed by atoms with E-state index in [9.17, 15) is 4.79 Å². The van der Waals surface area contributed by atoms with Crippen LogP contribution < -0.4 is 24.8 Å². The van der Waals surface area contributed by atoms with Gasteiger partial charge in [0.1, 0.15) is 12.7 Å². The van der Waals surface area contributed by atoms with Crippen molar-refractivity contribution < 1.29 is 19.0 Å². The molecule has 7 heteroatoms. The lowest BCUT2D eigenvalue weighted by Gasteiger charge is -2.28. The Kier molecular flexibility index (Phi) is 6.58. The lowest BCUT2D eigenvalue weighted by molar-refractivity contribution is -0.114. The van der Waals surface area contributed by atoms with Crippen molar-refractivity contribution >= 4 is 27.5 Å². The fourth-order valence-electron chi connectivity index (χ4n) is 2.86. The summed E-state index contributed by atoms with van der Waals surface area (Å²) in [6.45, 7) is 3.48. The third-order valence-electron chi connectivity index (χ3n) is 4.18. The van der Waals surface area contributed by atoms with Gasteiger partial charge in [0.05, 0.1) is 11.6 Å². The number of fused-ring (bicyclic) bond motifs is 1. The second-order valence-electron chi connectivity index (χ2n) is 6.29. The van der Waals surface area contributed by atoms with Crippen molar-refractivity contribution in [3.05, 3.63) is 46.4 Å². The second kappa shape index (κ2) is 9.10. The summed E-state index contributed by atoms with van der Waals surface area (Å²) in [5.41, 5.74) is 2.02. The molecular formula is C20H23BrN2O4. The van der Waals surface area contributed by atoms with E-state index in [1.165, 1.54) is 12.5 Å².